The first-order valence-electron chi connectivity index (χ1n) is 6.77. The van der Waals surface area contributed by atoms with E-state index < -0.39 is 14.3 Å². The maximum Gasteiger partial charge on any atom is 0.0919 e. The van der Waals surface area contributed by atoms with Crippen molar-refractivity contribution in [3.8, 4) is 0 Å². The van der Waals surface area contributed by atoms with Crippen molar-refractivity contribution >= 4 is 14.3 Å². The van der Waals surface area contributed by atoms with Gasteiger partial charge in [-0.15, -0.1) is 0 Å². The summed E-state index contributed by atoms with van der Waals surface area (Å²) < 4.78 is 30.1. The van der Waals surface area contributed by atoms with Gasteiger partial charge in [0.15, 0.2) is 0 Å². The molecule has 1 aliphatic heterocycles. The molecule has 1 saturated heterocycles. The van der Waals surface area contributed by atoms with Gasteiger partial charge in [0.05, 0.1) is 32.4 Å². The fraction of sp³-hybridized carbons (Fsp3) is 1.00. The van der Waals surface area contributed by atoms with Crippen LogP contribution in [0.3, 0.4) is 0 Å². The zero-order chi connectivity index (χ0) is 14.1. The number of ether oxygens (including phenoxy) is 1. The molecule has 0 aromatic rings. The molecular formula is C13H28O3P2. The maximum absolute atomic E-state index is 12.4. The summed E-state index contributed by atoms with van der Waals surface area (Å²) >= 11 is 0. The Morgan fingerprint density at radius 1 is 1.00 bits per heavy atom. The molecule has 0 aromatic carbocycles. The standard InChI is InChI=1S/C13H28O3P2/c1-10-11(2)13(16-12(10)3)7-8-18(6,15)9-17(4,5)14/h10-13H,7-9H2,1-6H3/t10?,11-,12+,13-,18?/m1/s1. The van der Waals surface area contributed by atoms with Gasteiger partial charge >= 0.3 is 0 Å². The van der Waals surface area contributed by atoms with Crippen LogP contribution >= 0.6 is 14.3 Å². The highest BCUT2D eigenvalue weighted by atomic mass is 31.2. The minimum atomic E-state index is -2.28. The van der Waals surface area contributed by atoms with E-state index in [9.17, 15) is 9.13 Å². The summed E-state index contributed by atoms with van der Waals surface area (Å²) in [6.45, 7) is 11.8. The lowest BCUT2D eigenvalue weighted by molar-refractivity contribution is 0.0397. The Hall–Kier alpha value is 0.420. The van der Waals surface area contributed by atoms with E-state index in [1.807, 2.05) is 0 Å². The number of rotatable bonds is 5. The Labute approximate surface area is 112 Å². The molecule has 0 bridgehead atoms. The minimum absolute atomic E-state index is 0.219. The first-order chi connectivity index (χ1) is 8.02. The van der Waals surface area contributed by atoms with E-state index in [2.05, 4.69) is 20.8 Å². The lowest BCUT2D eigenvalue weighted by Crippen LogP contribution is -2.17. The van der Waals surface area contributed by atoms with Crippen LogP contribution in [0.1, 0.15) is 27.2 Å². The zero-order valence-corrected chi connectivity index (χ0v) is 14.3. The fourth-order valence-corrected chi connectivity index (χ4v) is 9.94. The quantitative estimate of drug-likeness (QED) is 0.720. The van der Waals surface area contributed by atoms with Gasteiger partial charge in [-0.25, -0.2) is 0 Å². The van der Waals surface area contributed by atoms with Gasteiger partial charge in [0.25, 0.3) is 0 Å². The minimum Gasteiger partial charge on any atom is -0.375 e. The van der Waals surface area contributed by atoms with Crippen molar-refractivity contribution in [1.82, 2.24) is 0 Å². The van der Waals surface area contributed by atoms with E-state index >= 15 is 0 Å². The van der Waals surface area contributed by atoms with Gasteiger partial charge in [0.2, 0.25) is 0 Å². The second-order valence-electron chi connectivity index (χ2n) is 6.62. The highest BCUT2D eigenvalue weighted by Gasteiger charge is 2.37. The molecular weight excluding hydrogens is 266 g/mol. The van der Waals surface area contributed by atoms with Crippen molar-refractivity contribution in [1.29, 1.82) is 0 Å². The average Bonchev–Trinajstić information content (AvgIpc) is 2.39. The van der Waals surface area contributed by atoms with Gasteiger partial charge in [-0.2, -0.15) is 0 Å². The topological polar surface area (TPSA) is 43.4 Å². The molecule has 1 aliphatic rings. The van der Waals surface area contributed by atoms with Crippen molar-refractivity contribution in [2.24, 2.45) is 11.8 Å². The average molecular weight is 294 g/mol. The van der Waals surface area contributed by atoms with Crippen LogP contribution in [0.5, 0.6) is 0 Å². The lowest BCUT2D eigenvalue weighted by Gasteiger charge is -2.20. The second kappa shape index (κ2) is 5.81. The monoisotopic (exact) mass is 294 g/mol. The highest BCUT2D eigenvalue weighted by molar-refractivity contribution is 7.79. The molecule has 0 aliphatic carbocycles. The first-order valence-corrected chi connectivity index (χ1v) is 12.1. The smallest absolute Gasteiger partial charge is 0.0919 e. The third-order valence-corrected chi connectivity index (χ3v) is 10.4. The normalized spacial score (nSPS) is 36.6. The molecule has 3 nitrogen and oxygen atoms in total. The Bertz CT molecular complexity index is 374. The van der Waals surface area contributed by atoms with E-state index in [4.69, 9.17) is 4.74 Å². The van der Waals surface area contributed by atoms with Crippen molar-refractivity contribution < 1.29 is 13.9 Å². The number of hydrogen-bond donors (Lipinski definition) is 0. The maximum atomic E-state index is 12.4. The first kappa shape index (κ1) is 16.5. The molecule has 108 valence electrons. The molecule has 2 unspecified atom stereocenters. The number of hydrogen-bond acceptors (Lipinski definition) is 3. The molecule has 1 fully saturated rings. The van der Waals surface area contributed by atoms with E-state index in [0.29, 0.717) is 30.0 Å². The molecule has 0 saturated carbocycles. The third kappa shape index (κ3) is 4.83. The van der Waals surface area contributed by atoms with Crippen molar-refractivity contribution in [3.63, 3.8) is 0 Å². The van der Waals surface area contributed by atoms with Crippen LogP contribution in [-0.4, -0.2) is 44.3 Å². The summed E-state index contributed by atoms with van der Waals surface area (Å²) in [6.07, 6.45) is 2.01. The van der Waals surface area contributed by atoms with E-state index in [0.717, 1.165) is 6.42 Å². The summed E-state index contributed by atoms with van der Waals surface area (Å²) in [5, 5.41) is 0. The van der Waals surface area contributed by atoms with Gasteiger partial charge in [-0.3, -0.25) is 0 Å². The second-order valence-corrected chi connectivity index (χ2v) is 13.9. The van der Waals surface area contributed by atoms with Gasteiger partial charge in [0, 0.05) is 6.16 Å². The SMILES string of the molecule is CC1[C@H](C)O[C@H](CCP(C)(=O)CP(C)(C)=O)[C@@H]1C. The molecule has 5 atom stereocenters. The zero-order valence-electron chi connectivity index (χ0n) is 12.5. The summed E-state index contributed by atoms with van der Waals surface area (Å²) in [5.74, 6) is 1.48. The van der Waals surface area contributed by atoms with Crippen molar-refractivity contribution in [2.75, 3.05) is 32.1 Å². The van der Waals surface area contributed by atoms with Gasteiger partial charge in [0.1, 0.15) is 0 Å². The highest BCUT2D eigenvalue weighted by Crippen LogP contribution is 2.56. The summed E-state index contributed by atoms with van der Waals surface area (Å²) in [5.41, 5.74) is 0. The molecule has 0 amide bonds. The van der Waals surface area contributed by atoms with Crippen LogP contribution in [0.15, 0.2) is 0 Å². The van der Waals surface area contributed by atoms with Gasteiger partial charge < -0.3 is 13.9 Å². The molecule has 1 rings (SSSR count). The largest absolute Gasteiger partial charge is 0.375 e. The summed E-state index contributed by atoms with van der Waals surface area (Å²) in [4.78, 5) is 0. The van der Waals surface area contributed by atoms with E-state index in [1.165, 1.54) is 0 Å². The van der Waals surface area contributed by atoms with Gasteiger partial charge in [-0.05, 0) is 45.2 Å². The molecule has 1 heterocycles. The van der Waals surface area contributed by atoms with Crippen LogP contribution in [0, 0.1) is 11.8 Å². The summed E-state index contributed by atoms with van der Waals surface area (Å²) in [7, 11) is -4.47. The van der Waals surface area contributed by atoms with E-state index in [-0.39, 0.29) is 6.10 Å². The van der Waals surface area contributed by atoms with Crippen LogP contribution in [0.2, 0.25) is 0 Å². The Morgan fingerprint density at radius 2 is 1.56 bits per heavy atom. The lowest BCUT2D eigenvalue weighted by atomic mass is 9.90. The molecule has 0 N–H and O–H groups in total. The van der Waals surface area contributed by atoms with Crippen LogP contribution < -0.4 is 0 Å². The van der Waals surface area contributed by atoms with Gasteiger partial charge in [-0.1, -0.05) is 13.8 Å². The van der Waals surface area contributed by atoms with E-state index in [1.54, 1.807) is 20.0 Å². The third-order valence-electron chi connectivity index (χ3n) is 4.07. The predicted molar refractivity (Wildman–Crippen MR) is 80.0 cm³/mol. The molecule has 0 radical (unpaired) electrons. The Balaban J connectivity index is 2.51. The predicted octanol–water partition coefficient (Wildman–Crippen LogP) is 4.01. The van der Waals surface area contributed by atoms with Crippen LogP contribution in [-0.2, 0) is 13.9 Å². The molecule has 18 heavy (non-hydrogen) atoms. The fourth-order valence-electron chi connectivity index (χ4n) is 2.81. The Morgan fingerprint density at radius 3 is 1.94 bits per heavy atom. The van der Waals surface area contributed by atoms with Crippen LogP contribution in [0.4, 0.5) is 0 Å². The molecule has 5 heteroatoms. The summed E-state index contributed by atoms with van der Waals surface area (Å²) in [6, 6.07) is 0. The Kier molecular flexibility index (Phi) is 5.32. The molecule has 0 spiro atoms. The van der Waals surface area contributed by atoms with Crippen LogP contribution in [0.25, 0.3) is 0 Å². The van der Waals surface area contributed by atoms with Crippen molar-refractivity contribution in [2.45, 2.75) is 39.4 Å². The molecule has 0 aromatic heterocycles. The van der Waals surface area contributed by atoms with Crippen molar-refractivity contribution in [3.05, 3.63) is 0 Å².